The maximum atomic E-state index is 13.2. The third kappa shape index (κ3) is 3.21. The number of hydrogen-bond donors (Lipinski definition) is 1. The van der Waals surface area contributed by atoms with Crippen LogP contribution in [0.1, 0.15) is 48.0 Å². The highest BCUT2D eigenvalue weighted by Crippen LogP contribution is 2.25. The molecule has 2 aliphatic heterocycles. The molecule has 0 radical (unpaired) electrons. The fourth-order valence-corrected chi connectivity index (χ4v) is 4.80. The number of fused-ring (bicyclic) bond motifs is 1. The van der Waals surface area contributed by atoms with Gasteiger partial charge >= 0.3 is 0 Å². The van der Waals surface area contributed by atoms with Crippen LogP contribution >= 0.6 is 0 Å². The highest BCUT2D eigenvalue weighted by atomic mass is 16.1. The molecule has 0 fully saturated rings. The van der Waals surface area contributed by atoms with Crippen LogP contribution in [0.2, 0.25) is 0 Å². The standard InChI is InChI=1S/C23H26N4O2/c1-2-5-20-24-19-9-11-26(14-18(19)22(28)25-20)13-17-12-16-7-3-6-15-8-4-10-27(21(15)16)23(17)29/h3,6-7,12H,2,4-5,8-11,13-14H2,1H3,(H,24,25,28). The molecule has 1 N–H and O–H groups in total. The number of aromatic amines is 1. The lowest BCUT2D eigenvalue weighted by molar-refractivity contribution is 0.240. The maximum Gasteiger partial charge on any atom is 0.255 e. The molecule has 29 heavy (non-hydrogen) atoms. The van der Waals surface area contributed by atoms with Crippen LogP contribution in [0, 0.1) is 0 Å². The molecule has 150 valence electrons. The summed E-state index contributed by atoms with van der Waals surface area (Å²) >= 11 is 0. The van der Waals surface area contributed by atoms with E-state index in [9.17, 15) is 9.59 Å². The monoisotopic (exact) mass is 390 g/mol. The van der Waals surface area contributed by atoms with Crippen LogP contribution in [0.5, 0.6) is 0 Å². The van der Waals surface area contributed by atoms with Gasteiger partial charge in [0.25, 0.3) is 11.1 Å². The molecular weight excluding hydrogens is 364 g/mol. The lowest BCUT2D eigenvalue weighted by atomic mass is 9.99. The SMILES string of the molecule is CCCc1nc2c(c(=O)[nH]1)CN(Cc1cc3cccc4c3n(c1=O)CCC4)CC2. The molecule has 0 amide bonds. The second kappa shape index (κ2) is 7.26. The zero-order chi connectivity index (χ0) is 20.0. The molecule has 0 bridgehead atoms. The number of aromatic nitrogens is 3. The molecule has 0 saturated carbocycles. The summed E-state index contributed by atoms with van der Waals surface area (Å²) in [4.78, 5) is 35.5. The van der Waals surface area contributed by atoms with Gasteiger partial charge in [0, 0.05) is 44.6 Å². The predicted octanol–water partition coefficient (Wildman–Crippen LogP) is 2.54. The molecule has 0 unspecified atom stereocenters. The van der Waals surface area contributed by atoms with E-state index in [1.54, 1.807) is 0 Å². The number of hydrogen-bond acceptors (Lipinski definition) is 4. The Hall–Kier alpha value is -2.73. The lowest BCUT2D eigenvalue weighted by Gasteiger charge is -2.28. The van der Waals surface area contributed by atoms with Crippen LogP contribution in [0.15, 0.2) is 33.9 Å². The Morgan fingerprint density at radius 1 is 1.17 bits per heavy atom. The zero-order valence-corrected chi connectivity index (χ0v) is 16.8. The van der Waals surface area contributed by atoms with E-state index >= 15 is 0 Å². The van der Waals surface area contributed by atoms with E-state index in [2.05, 4.69) is 40.0 Å². The number of rotatable bonds is 4. The second-order valence-corrected chi connectivity index (χ2v) is 8.23. The molecule has 3 aromatic rings. The van der Waals surface area contributed by atoms with Crippen LogP contribution in [-0.2, 0) is 38.9 Å². The Bertz CT molecular complexity index is 1210. The smallest absolute Gasteiger partial charge is 0.255 e. The first-order valence-electron chi connectivity index (χ1n) is 10.6. The van der Waals surface area contributed by atoms with E-state index in [0.717, 1.165) is 78.7 Å². The fraction of sp³-hybridized carbons (Fsp3) is 0.435. The summed E-state index contributed by atoms with van der Waals surface area (Å²) < 4.78 is 1.95. The van der Waals surface area contributed by atoms with Gasteiger partial charge in [0.1, 0.15) is 5.82 Å². The molecule has 5 rings (SSSR count). The van der Waals surface area contributed by atoms with Crippen molar-refractivity contribution in [2.45, 2.75) is 58.7 Å². The summed E-state index contributed by atoms with van der Waals surface area (Å²) in [5.41, 5.74) is 4.93. The Morgan fingerprint density at radius 3 is 2.93 bits per heavy atom. The van der Waals surface area contributed by atoms with Crippen LogP contribution < -0.4 is 11.1 Å². The van der Waals surface area contributed by atoms with Gasteiger partial charge in [-0.3, -0.25) is 14.5 Å². The van der Waals surface area contributed by atoms with E-state index < -0.39 is 0 Å². The first-order chi connectivity index (χ1) is 14.1. The van der Waals surface area contributed by atoms with Crippen molar-refractivity contribution in [3.63, 3.8) is 0 Å². The maximum absolute atomic E-state index is 13.2. The predicted molar refractivity (Wildman–Crippen MR) is 113 cm³/mol. The first kappa shape index (κ1) is 18.3. The Labute approximate surface area is 169 Å². The van der Waals surface area contributed by atoms with Gasteiger partial charge in [-0.15, -0.1) is 0 Å². The molecule has 1 aromatic carbocycles. The lowest BCUT2D eigenvalue weighted by Crippen LogP contribution is -2.38. The number of para-hydroxylation sites is 1. The van der Waals surface area contributed by atoms with E-state index in [1.807, 2.05) is 10.6 Å². The fourth-order valence-electron chi connectivity index (χ4n) is 4.80. The highest BCUT2D eigenvalue weighted by Gasteiger charge is 2.23. The minimum atomic E-state index is -0.0295. The number of pyridine rings is 1. The zero-order valence-electron chi connectivity index (χ0n) is 16.8. The Kier molecular flexibility index (Phi) is 4.59. The summed E-state index contributed by atoms with van der Waals surface area (Å²) in [6.45, 7) is 4.79. The van der Waals surface area contributed by atoms with Crippen molar-refractivity contribution >= 4 is 10.9 Å². The van der Waals surface area contributed by atoms with Crippen molar-refractivity contribution < 1.29 is 0 Å². The molecule has 0 spiro atoms. The van der Waals surface area contributed by atoms with Crippen molar-refractivity contribution in [1.82, 2.24) is 19.4 Å². The average Bonchev–Trinajstić information content (AvgIpc) is 2.72. The largest absolute Gasteiger partial charge is 0.310 e. The topological polar surface area (TPSA) is 71.0 Å². The molecular formula is C23H26N4O2. The van der Waals surface area contributed by atoms with Crippen molar-refractivity contribution in [2.24, 2.45) is 0 Å². The average molecular weight is 390 g/mol. The molecule has 2 aliphatic rings. The van der Waals surface area contributed by atoms with Gasteiger partial charge in [-0.25, -0.2) is 4.98 Å². The minimum absolute atomic E-state index is 0.0295. The van der Waals surface area contributed by atoms with Crippen LogP contribution in [0.4, 0.5) is 0 Å². The molecule has 0 saturated heterocycles. The van der Waals surface area contributed by atoms with Crippen molar-refractivity contribution in [3.05, 3.63) is 73.2 Å². The molecule has 6 nitrogen and oxygen atoms in total. The van der Waals surface area contributed by atoms with Gasteiger partial charge in [-0.1, -0.05) is 25.1 Å². The summed E-state index contributed by atoms with van der Waals surface area (Å²) in [6.07, 6.45) is 4.55. The van der Waals surface area contributed by atoms with Crippen molar-refractivity contribution in [2.75, 3.05) is 6.54 Å². The normalized spacial score (nSPS) is 16.2. The molecule has 6 heteroatoms. The summed E-state index contributed by atoms with van der Waals surface area (Å²) in [5.74, 6) is 0.785. The summed E-state index contributed by atoms with van der Waals surface area (Å²) in [6, 6.07) is 8.35. The number of H-pyrrole nitrogens is 1. The molecule has 0 atom stereocenters. The number of aryl methyl sites for hydroxylation is 3. The van der Waals surface area contributed by atoms with Gasteiger partial charge < -0.3 is 9.55 Å². The summed E-state index contributed by atoms with van der Waals surface area (Å²) in [7, 11) is 0. The van der Waals surface area contributed by atoms with E-state index in [4.69, 9.17) is 0 Å². The Morgan fingerprint density at radius 2 is 2.07 bits per heavy atom. The Balaban J connectivity index is 1.47. The van der Waals surface area contributed by atoms with Crippen molar-refractivity contribution in [3.8, 4) is 0 Å². The summed E-state index contributed by atoms with van der Waals surface area (Å²) in [5, 5.41) is 1.14. The molecule has 0 aliphatic carbocycles. The van der Waals surface area contributed by atoms with E-state index in [-0.39, 0.29) is 11.1 Å². The van der Waals surface area contributed by atoms with E-state index in [0.29, 0.717) is 13.1 Å². The van der Waals surface area contributed by atoms with Crippen molar-refractivity contribution in [1.29, 1.82) is 0 Å². The quantitative estimate of drug-likeness (QED) is 0.743. The highest BCUT2D eigenvalue weighted by molar-refractivity contribution is 5.83. The van der Waals surface area contributed by atoms with E-state index in [1.165, 1.54) is 5.56 Å². The third-order valence-electron chi connectivity index (χ3n) is 6.18. The van der Waals surface area contributed by atoms with Gasteiger partial charge in [0.2, 0.25) is 0 Å². The van der Waals surface area contributed by atoms with Gasteiger partial charge in [0.05, 0.1) is 16.8 Å². The first-order valence-corrected chi connectivity index (χ1v) is 10.6. The molecule has 2 aromatic heterocycles. The second-order valence-electron chi connectivity index (χ2n) is 8.23. The number of nitrogens with one attached hydrogen (secondary N) is 1. The number of nitrogens with zero attached hydrogens (tertiary/aromatic N) is 3. The molecule has 4 heterocycles. The minimum Gasteiger partial charge on any atom is -0.310 e. The third-order valence-corrected chi connectivity index (χ3v) is 6.18. The van der Waals surface area contributed by atoms with Crippen LogP contribution in [0.3, 0.4) is 0 Å². The van der Waals surface area contributed by atoms with Crippen LogP contribution in [0.25, 0.3) is 10.9 Å². The van der Waals surface area contributed by atoms with Gasteiger partial charge in [-0.05, 0) is 36.3 Å². The van der Waals surface area contributed by atoms with Crippen LogP contribution in [-0.4, -0.2) is 26.0 Å². The van der Waals surface area contributed by atoms with Gasteiger partial charge in [-0.2, -0.15) is 0 Å². The van der Waals surface area contributed by atoms with Gasteiger partial charge in [0.15, 0.2) is 0 Å². The number of benzene rings is 1.